The summed E-state index contributed by atoms with van der Waals surface area (Å²) in [6.45, 7) is 5.37. The highest BCUT2D eigenvalue weighted by molar-refractivity contribution is 6.01. The topological polar surface area (TPSA) is 45.2 Å². The van der Waals surface area contributed by atoms with Gasteiger partial charge in [0, 0.05) is 41.7 Å². The molecule has 186 valence electrons. The quantitative estimate of drug-likeness (QED) is 0.429. The number of allylic oxidation sites excluding steroid dienone is 3. The van der Waals surface area contributed by atoms with Gasteiger partial charge in [0.25, 0.3) is 5.91 Å². The van der Waals surface area contributed by atoms with Crippen LogP contribution in [0.2, 0.25) is 0 Å². The molecular formula is C30H31F2N3O. The molecule has 2 aromatic carbocycles. The largest absolute Gasteiger partial charge is 0.323 e. The summed E-state index contributed by atoms with van der Waals surface area (Å²) in [5, 5.41) is 3.58. The monoisotopic (exact) mass is 487 g/mol. The van der Waals surface area contributed by atoms with E-state index in [2.05, 4.69) is 24.1 Å². The van der Waals surface area contributed by atoms with E-state index in [0.29, 0.717) is 28.9 Å². The van der Waals surface area contributed by atoms with Gasteiger partial charge >= 0.3 is 0 Å². The van der Waals surface area contributed by atoms with E-state index >= 15 is 4.39 Å². The molecule has 1 fully saturated rings. The summed E-state index contributed by atoms with van der Waals surface area (Å²) in [5.41, 5.74) is 1.12. The van der Waals surface area contributed by atoms with Crippen molar-refractivity contribution in [3.8, 4) is 0 Å². The first-order chi connectivity index (χ1) is 17.3. The van der Waals surface area contributed by atoms with Gasteiger partial charge in [-0.2, -0.15) is 0 Å². The van der Waals surface area contributed by atoms with Crippen LogP contribution in [0, 0.1) is 5.82 Å². The molecule has 0 radical (unpaired) electrons. The van der Waals surface area contributed by atoms with Crippen LogP contribution in [0.5, 0.6) is 0 Å². The minimum Gasteiger partial charge on any atom is -0.323 e. The molecule has 4 nitrogen and oxygen atoms in total. The number of nitrogens with zero attached hydrogens (tertiary/aromatic N) is 2. The first-order valence-corrected chi connectivity index (χ1v) is 12.6. The smallest absolute Gasteiger partial charge is 0.266 e. The van der Waals surface area contributed by atoms with Gasteiger partial charge in [-0.05, 0) is 68.7 Å². The SMILES string of the molecule is C[C@@H]1CCC[C@H](C)N1Cc1ccc2cc(NC(=O)C3(F)C=CC(c4ccccc4F)=CC3)ccc2n1. The number of hydrogen-bond donors (Lipinski definition) is 1. The number of pyridine rings is 1. The van der Waals surface area contributed by atoms with Crippen LogP contribution in [0.4, 0.5) is 14.5 Å². The van der Waals surface area contributed by atoms with E-state index in [9.17, 15) is 9.18 Å². The number of nitrogens with one attached hydrogen (secondary N) is 1. The van der Waals surface area contributed by atoms with Gasteiger partial charge in [-0.25, -0.2) is 8.78 Å². The van der Waals surface area contributed by atoms with Crippen LogP contribution in [0.3, 0.4) is 0 Å². The van der Waals surface area contributed by atoms with Gasteiger partial charge in [-0.15, -0.1) is 0 Å². The van der Waals surface area contributed by atoms with Crippen LogP contribution in [0.1, 0.15) is 50.8 Å². The maximum Gasteiger partial charge on any atom is 0.266 e. The molecule has 1 aliphatic heterocycles. The van der Waals surface area contributed by atoms with Gasteiger partial charge in [0.2, 0.25) is 5.67 Å². The van der Waals surface area contributed by atoms with E-state index in [0.717, 1.165) is 23.1 Å². The van der Waals surface area contributed by atoms with Crippen molar-refractivity contribution in [2.45, 2.75) is 63.8 Å². The fourth-order valence-corrected chi connectivity index (χ4v) is 5.22. The van der Waals surface area contributed by atoms with Gasteiger partial charge in [0.1, 0.15) is 5.82 Å². The van der Waals surface area contributed by atoms with Gasteiger partial charge in [-0.3, -0.25) is 14.7 Å². The zero-order valence-corrected chi connectivity index (χ0v) is 20.7. The molecule has 1 saturated heterocycles. The molecule has 1 aliphatic carbocycles. The first-order valence-electron chi connectivity index (χ1n) is 12.6. The Morgan fingerprint density at radius 2 is 1.89 bits per heavy atom. The number of aromatic nitrogens is 1. The molecule has 1 amide bonds. The van der Waals surface area contributed by atoms with Crippen LogP contribution in [0.25, 0.3) is 16.5 Å². The predicted octanol–water partition coefficient (Wildman–Crippen LogP) is 6.83. The molecule has 6 heteroatoms. The predicted molar refractivity (Wildman–Crippen MR) is 141 cm³/mol. The highest BCUT2D eigenvalue weighted by atomic mass is 19.1. The average molecular weight is 488 g/mol. The van der Waals surface area contributed by atoms with Crippen LogP contribution in [0.15, 0.2) is 72.8 Å². The number of carbonyl (C=O) groups is 1. The van der Waals surface area contributed by atoms with Crippen molar-refractivity contribution in [2.24, 2.45) is 0 Å². The Bertz CT molecular complexity index is 1340. The van der Waals surface area contributed by atoms with E-state index in [4.69, 9.17) is 4.98 Å². The van der Waals surface area contributed by atoms with Crippen molar-refractivity contribution < 1.29 is 13.6 Å². The number of halogens is 2. The fraction of sp³-hybridized carbons (Fsp3) is 0.333. The lowest BCUT2D eigenvalue weighted by Crippen LogP contribution is -2.43. The van der Waals surface area contributed by atoms with Crippen molar-refractivity contribution >= 4 is 28.1 Å². The summed E-state index contributed by atoms with van der Waals surface area (Å²) in [4.78, 5) is 20.1. The zero-order valence-electron chi connectivity index (χ0n) is 20.7. The standard InChI is InChI=1S/C30H31F2N3O/c1-20-6-5-7-21(2)35(20)19-25-11-10-23-18-24(12-13-28(23)33-25)34-29(36)30(32)16-14-22(15-17-30)26-8-3-4-9-27(26)31/h3-4,8-16,18,20-21H,5-7,17,19H2,1-2H3,(H,34,36)/t20-,21+,30?. The van der Waals surface area contributed by atoms with Gasteiger partial charge in [-0.1, -0.05) is 42.8 Å². The number of likely N-dealkylation sites (tertiary alicyclic amines) is 1. The third-order valence-corrected chi connectivity index (χ3v) is 7.43. The molecule has 0 spiro atoms. The lowest BCUT2D eigenvalue weighted by Gasteiger charge is -2.38. The van der Waals surface area contributed by atoms with Crippen LogP contribution in [-0.2, 0) is 11.3 Å². The summed E-state index contributed by atoms with van der Waals surface area (Å²) in [7, 11) is 0. The average Bonchev–Trinajstić information content (AvgIpc) is 2.87. The van der Waals surface area contributed by atoms with Gasteiger partial charge < -0.3 is 5.32 Å². The maximum atomic E-state index is 15.4. The van der Waals surface area contributed by atoms with Gasteiger partial charge in [0.05, 0.1) is 11.2 Å². The summed E-state index contributed by atoms with van der Waals surface area (Å²) in [5.74, 6) is -1.13. The van der Waals surface area contributed by atoms with E-state index < -0.39 is 11.6 Å². The van der Waals surface area contributed by atoms with Crippen molar-refractivity contribution in [2.75, 3.05) is 5.32 Å². The molecule has 3 atom stereocenters. The number of hydrogen-bond acceptors (Lipinski definition) is 3. The van der Waals surface area contributed by atoms with E-state index in [1.54, 1.807) is 30.3 Å². The molecule has 1 unspecified atom stereocenters. The molecule has 0 bridgehead atoms. The molecule has 1 N–H and O–H groups in total. The summed E-state index contributed by atoms with van der Waals surface area (Å²) in [6, 6.07) is 16.9. The second-order valence-electron chi connectivity index (χ2n) is 10.0. The summed E-state index contributed by atoms with van der Waals surface area (Å²) in [6.07, 6.45) is 7.79. The van der Waals surface area contributed by atoms with Crippen molar-refractivity contribution in [3.05, 3.63) is 89.9 Å². The summed E-state index contributed by atoms with van der Waals surface area (Å²) < 4.78 is 29.5. The number of anilines is 1. The lowest BCUT2D eigenvalue weighted by molar-refractivity contribution is -0.124. The molecule has 5 rings (SSSR count). The number of rotatable bonds is 5. The molecule has 2 aliphatic rings. The van der Waals surface area contributed by atoms with Crippen LogP contribution in [-0.4, -0.2) is 33.5 Å². The van der Waals surface area contributed by atoms with E-state index in [1.807, 2.05) is 24.3 Å². The number of alkyl halides is 1. The third-order valence-electron chi connectivity index (χ3n) is 7.43. The van der Waals surface area contributed by atoms with E-state index in [1.165, 1.54) is 37.5 Å². The lowest BCUT2D eigenvalue weighted by atomic mass is 9.90. The summed E-state index contributed by atoms with van der Waals surface area (Å²) >= 11 is 0. The highest BCUT2D eigenvalue weighted by Crippen LogP contribution is 2.32. The van der Waals surface area contributed by atoms with Crippen molar-refractivity contribution in [1.29, 1.82) is 0 Å². The first kappa shape index (κ1) is 24.3. The Labute approximate surface area is 210 Å². The number of benzene rings is 2. The van der Waals surface area contributed by atoms with Crippen molar-refractivity contribution in [1.82, 2.24) is 9.88 Å². The Hall–Kier alpha value is -3.38. The van der Waals surface area contributed by atoms with Crippen LogP contribution >= 0.6 is 0 Å². The maximum absolute atomic E-state index is 15.4. The van der Waals surface area contributed by atoms with Gasteiger partial charge in [0.15, 0.2) is 0 Å². The molecule has 0 saturated carbocycles. The molecule has 2 heterocycles. The Morgan fingerprint density at radius 3 is 2.61 bits per heavy atom. The number of amides is 1. The minimum atomic E-state index is -2.20. The normalized spacial score (nSPS) is 24.5. The fourth-order valence-electron chi connectivity index (χ4n) is 5.22. The molecule has 36 heavy (non-hydrogen) atoms. The number of carbonyl (C=O) groups excluding carboxylic acids is 1. The highest BCUT2D eigenvalue weighted by Gasteiger charge is 2.37. The third kappa shape index (κ3) is 4.96. The Balaban J connectivity index is 1.27. The molecule has 1 aromatic heterocycles. The van der Waals surface area contributed by atoms with Crippen LogP contribution < -0.4 is 5.32 Å². The van der Waals surface area contributed by atoms with E-state index in [-0.39, 0.29) is 12.2 Å². The Kier molecular flexibility index (Phi) is 6.71. The second-order valence-corrected chi connectivity index (χ2v) is 10.0. The Morgan fingerprint density at radius 1 is 1.11 bits per heavy atom. The van der Waals surface area contributed by atoms with Crippen molar-refractivity contribution in [3.63, 3.8) is 0 Å². The number of fused-ring (bicyclic) bond motifs is 1. The second kappa shape index (κ2) is 9.94. The number of piperidine rings is 1. The minimum absolute atomic E-state index is 0.162. The zero-order chi connectivity index (χ0) is 25.3. The molecular weight excluding hydrogens is 456 g/mol. The molecule has 3 aromatic rings.